The number of halogens is 1. The summed E-state index contributed by atoms with van der Waals surface area (Å²) in [5.41, 5.74) is 1.04. The molecule has 1 aliphatic heterocycles. The number of Topliss-reactive ketones (excluding diaryl/α,β-unsaturated/α-hetero) is 1. The number of phenols is 1. The Balaban J connectivity index is 1.96. The second-order valence-electron chi connectivity index (χ2n) is 5.90. The third-order valence-electron chi connectivity index (χ3n) is 4.03. The Morgan fingerprint density at radius 1 is 1.19 bits per heavy atom. The predicted octanol–water partition coefficient (Wildman–Crippen LogP) is 3.00. The number of phenolic OH excluding ortho intramolecular Hbond substituents is 1. The van der Waals surface area contributed by atoms with E-state index in [1.165, 1.54) is 41.3 Å². The van der Waals surface area contributed by atoms with Gasteiger partial charge in [0, 0.05) is 6.54 Å². The molecule has 3 rings (SSSR count). The molecule has 0 fully saturated rings. The normalized spacial score (nSPS) is 13.9. The van der Waals surface area contributed by atoms with E-state index in [1.54, 1.807) is 6.07 Å². The van der Waals surface area contributed by atoms with Crippen LogP contribution in [0, 0.1) is 28.5 Å². The highest BCUT2D eigenvalue weighted by Crippen LogP contribution is 2.40. The predicted molar refractivity (Wildman–Crippen MR) is 93.9 cm³/mol. The molecule has 2 aromatic carbocycles. The van der Waals surface area contributed by atoms with Crippen LogP contribution in [-0.2, 0) is 6.54 Å². The number of ketones is 1. The number of aromatic hydroxyl groups is 1. The number of nitrogens with zero attached hydrogens (tertiary/aromatic N) is 3. The molecule has 0 amide bonds. The van der Waals surface area contributed by atoms with Crippen molar-refractivity contribution in [2.24, 2.45) is 0 Å². The van der Waals surface area contributed by atoms with E-state index in [4.69, 9.17) is 15.3 Å². The molecule has 1 N–H and O–H groups in total. The average molecular weight is 363 g/mol. The summed E-state index contributed by atoms with van der Waals surface area (Å²) in [5, 5.41) is 28.0. The van der Waals surface area contributed by atoms with Crippen molar-refractivity contribution < 1.29 is 19.0 Å². The number of rotatable bonds is 5. The van der Waals surface area contributed by atoms with E-state index in [0.717, 1.165) is 0 Å². The van der Waals surface area contributed by atoms with Gasteiger partial charge >= 0.3 is 0 Å². The number of nitriles is 2. The van der Waals surface area contributed by atoms with Crippen LogP contribution >= 0.6 is 0 Å². The molecule has 2 aromatic rings. The van der Waals surface area contributed by atoms with Crippen molar-refractivity contribution >= 4 is 11.9 Å². The van der Waals surface area contributed by atoms with Gasteiger partial charge in [0.2, 0.25) is 5.78 Å². The molecular weight excluding hydrogens is 349 g/mol. The SMILES string of the molecule is N#CCN(CC#N)Cc1c(O)ccc2c1O/C(=C/c1cccc(F)c1)C2=O. The Morgan fingerprint density at radius 2 is 1.93 bits per heavy atom. The maximum absolute atomic E-state index is 13.4. The zero-order valence-corrected chi connectivity index (χ0v) is 14.1. The van der Waals surface area contributed by atoms with Crippen LogP contribution in [0.1, 0.15) is 21.5 Å². The topological polar surface area (TPSA) is 97.3 Å². The van der Waals surface area contributed by atoms with Crippen molar-refractivity contribution in [3.63, 3.8) is 0 Å². The molecular formula is C20H14FN3O3. The lowest BCUT2D eigenvalue weighted by Gasteiger charge is -2.17. The van der Waals surface area contributed by atoms with Crippen LogP contribution in [0.25, 0.3) is 6.08 Å². The van der Waals surface area contributed by atoms with Gasteiger partial charge in [-0.05, 0) is 35.9 Å². The zero-order chi connectivity index (χ0) is 19.4. The van der Waals surface area contributed by atoms with Crippen molar-refractivity contribution in [3.8, 4) is 23.6 Å². The highest BCUT2D eigenvalue weighted by atomic mass is 19.1. The van der Waals surface area contributed by atoms with E-state index in [0.29, 0.717) is 11.1 Å². The second kappa shape index (κ2) is 7.69. The molecule has 27 heavy (non-hydrogen) atoms. The van der Waals surface area contributed by atoms with Gasteiger partial charge in [-0.3, -0.25) is 9.69 Å². The fourth-order valence-corrected chi connectivity index (χ4v) is 2.79. The van der Waals surface area contributed by atoms with E-state index in [-0.39, 0.29) is 48.2 Å². The smallest absolute Gasteiger partial charge is 0.231 e. The van der Waals surface area contributed by atoms with Gasteiger partial charge in [0.15, 0.2) is 5.76 Å². The molecule has 0 spiro atoms. The Hall–Kier alpha value is -3.68. The first kappa shape index (κ1) is 18.1. The van der Waals surface area contributed by atoms with Gasteiger partial charge in [-0.25, -0.2) is 4.39 Å². The lowest BCUT2D eigenvalue weighted by Crippen LogP contribution is -2.24. The largest absolute Gasteiger partial charge is 0.507 e. The number of fused-ring (bicyclic) bond motifs is 1. The van der Waals surface area contributed by atoms with Crippen LogP contribution in [0.5, 0.6) is 11.5 Å². The highest BCUT2D eigenvalue weighted by molar-refractivity contribution is 6.15. The number of carbonyl (C=O) groups is 1. The first-order chi connectivity index (χ1) is 13.0. The van der Waals surface area contributed by atoms with Crippen LogP contribution in [0.2, 0.25) is 0 Å². The van der Waals surface area contributed by atoms with Gasteiger partial charge in [0.1, 0.15) is 17.3 Å². The standard InChI is InChI=1S/C20H14FN3O3/c21-14-3-1-2-13(10-14)11-18-19(26)15-4-5-17(25)16(20(15)27-18)12-24(8-6-22)9-7-23/h1-5,10-11,25H,8-9,12H2/b18-11+. The fraction of sp³-hybridized carbons (Fsp3) is 0.150. The molecule has 0 radical (unpaired) electrons. The highest BCUT2D eigenvalue weighted by Gasteiger charge is 2.31. The second-order valence-corrected chi connectivity index (χ2v) is 5.90. The summed E-state index contributed by atoms with van der Waals surface area (Å²) in [5.74, 6) is -0.732. The maximum Gasteiger partial charge on any atom is 0.231 e. The van der Waals surface area contributed by atoms with E-state index >= 15 is 0 Å². The van der Waals surface area contributed by atoms with E-state index in [1.807, 2.05) is 12.1 Å². The van der Waals surface area contributed by atoms with Gasteiger partial charge in [-0.2, -0.15) is 10.5 Å². The van der Waals surface area contributed by atoms with E-state index < -0.39 is 5.82 Å². The molecule has 6 nitrogen and oxygen atoms in total. The van der Waals surface area contributed by atoms with Gasteiger partial charge in [0.25, 0.3) is 0 Å². The van der Waals surface area contributed by atoms with Crippen molar-refractivity contribution in [3.05, 3.63) is 64.7 Å². The molecule has 0 unspecified atom stereocenters. The quantitative estimate of drug-likeness (QED) is 0.648. The van der Waals surface area contributed by atoms with Crippen molar-refractivity contribution in [1.29, 1.82) is 10.5 Å². The van der Waals surface area contributed by atoms with Crippen LogP contribution in [0.4, 0.5) is 4.39 Å². The number of allylic oxidation sites excluding steroid dienone is 1. The molecule has 0 saturated heterocycles. The molecule has 0 atom stereocenters. The molecule has 1 heterocycles. The number of hydrogen-bond acceptors (Lipinski definition) is 6. The van der Waals surface area contributed by atoms with E-state index in [2.05, 4.69) is 0 Å². The fourth-order valence-electron chi connectivity index (χ4n) is 2.79. The summed E-state index contributed by atoms with van der Waals surface area (Å²) >= 11 is 0. The van der Waals surface area contributed by atoms with Crippen LogP contribution in [0.15, 0.2) is 42.2 Å². The lowest BCUT2D eigenvalue weighted by atomic mass is 10.0. The van der Waals surface area contributed by atoms with Crippen molar-refractivity contribution in [2.75, 3.05) is 13.1 Å². The first-order valence-corrected chi connectivity index (χ1v) is 8.04. The third kappa shape index (κ3) is 3.79. The van der Waals surface area contributed by atoms with Gasteiger partial charge in [0.05, 0.1) is 36.4 Å². The number of benzene rings is 2. The Morgan fingerprint density at radius 3 is 2.59 bits per heavy atom. The Labute approximate surface area is 154 Å². The molecule has 1 aliphatic rings. The van der Waals surface area contributed by atoms with Crippen LogP contribution in [-0.4, -0.2) is 28.9 Å². The minimum Gasteiger partial charge on any atom is -0.507 e. The number of hydrogen-bond donors (Lipinski definition) is 1. The molecule has 0 bridgehead atoms. The van der Waals surface area contributed by atoms with Crippen LogP contribution < -0.4 is 4.74 Å². The summed E-state index contributed by atoms with van der Waals surface area (Å²) in [6, 6.07) is 12.4. The Kier molecular flexibility index (Phi) is 5.16. The minimum atomic E-state index is -0.436. The third-order valence-corrected chi connectivity index (χ3v) is 4.03. The molecule has 7 heteroatoms. The van der Waals surface area contributed by atoms with Crippen molar-refractivity contribution in [1.82, 2.24) is 4.90 Å². The van der Waals surface area contributed by atoms with Crippen LogP contribution in [0.3, 0.4) is 0 Å². The number of ether oxygens (including phenoxy) is 1. The monoisotopic (exact) mass is 363 g/mol. The molecule has 0 saturated carbocycles. The molecule has 0 aromatic heterocycles. The first-order valence-electron chi connectivity index (χ1n) is 8.04. The maximum atomic E-state index is 13.4. The lowest BCUT2D eigenvalue weighted by molar-refractivity contribution is 0.101. The van der Waals surface area contributed by atoms with Gasteiger partial charge in [-0.15, -0.1) is 0 Å². The minimum absolute atomic E-state index is 0.00886. The van der Waals surface area contributed by atoms with Gasteiger partial charge < -0.3 is 9.84 Å². The summed E-state index contributed by atoms with van der Waals surface area (Å²) in [4.78, 5) is 14.1. The summed E-state index contributed by atoms with van der Waals surface area (Å²) < 4.78 is 19.0. The summed E-state index contributed by atoms with van der Waals surface area (Å²) in [7, 11) is 0. The zero-order valence-electron chi connectivity index (χ0n) is 14.1. The average Bonchev–Trinajstić information content (AvgIpc) is 2.94. The molecule has 0 aliphatic carbocycles. The summed E-state index contributed by atoms with van der Waals surface area (Å²) in [6.07, 6.45) is 1.43. The van der Waals surface area contributed by atoms with Crippen molar-refractivity contribution in [2.45, 2.75) is 6.54 Å². The van der Waals surface area contributed by atoms with E-state index in [9.17, 15) is 14.3 Å². The summed E-state index contributed by atoms with van der Waals surface area (Å²) in [6.45, 7) is 0.0316. The van der Waals surface area contributed by atoms with Gasteiger partial charge in [-0.1, -0.05) is 12.1 Å². The molecule has 134 valence electrons. The number of carbonyl (C=O) groups excluding carboxylic acids is 1. The Bertz CT molecular complexity index is 1000.